The number of nitrogen functional groups attached to an aromatic ring is 1. The molecule has 0 saturated heterocycles. The monoisotopic (exact) mass is 247 g/mol. The Kier molecular flexibility index (Phi) is 5.47. The van der Waals surface area contributed by atoms with Crippen LogP contribution in [0.5, 0.6) is 5.75 Å². The van der Waals surface area contributed by atoms with Crippen molar-refractivity contribution in [2.24, 2.45) is 5.92 Å². The van der Waals surface area contributed by atoms with Crippen LogP contribution in [-0.2, 0) is 6.54 Å². The molecule has 0 heterocycles. The Balaban J connectivity index is 2.81. The number of nitrogens with zero attached hydrogens (tertiary/aromatic N) is 2. The van der Waals surface area contributed by atoms with E-state index in [1.54, 1.807) is 7.11 Å². The first-order valence-corrected chi connectivity index (χ1v) is 6.15. The fraction of sp³-hybridized carbons (Fsp3) is 0.500. The van der Waals surface area contributed by atoms with Gasteiger partial charge in [0.25, 0.3) is 0 Å². The number of hydrogen-bond acceptors (Lipinski definition) is 4. The summed E-state index contributed by atoms with van der Waals surface area (Å²) in [4.78, 5) is 2.21. The molecule has 4 heteroatoms. The molecule has 1 aromatic carbocycles. The van der Waals surface area contributed by atoms with Crippen molar-refractivity contribution in [2.75, 3.05) is 25.9 Å². The second kappa shape index (κ2) is 6.87. The molecule has 1 aromatic rings. The lowest BCUT2D eigenvalue weighted by Gasteiger charge is -2.22. The summed E-state index contributed by atoms with van der Waals surface area (Å²) in [6.45, 7) is 6.41. The normalized spacial score (nSPS) is 12.2. The minimum atomic E-state index is 0.0250. The Morgan fingerprint density at radius 1 is 1.50 bits per heavy atom. The van der Waals surface area contributed by atoms with Gasteiger partial charge < -0.3 is 10.5 Å². The third kappa shape index (κ3) is 3.94. The molecule has 18 heavy (non-hydrogen) atoms. The van der Waals surface area contributed by atoms with E-state index in [1.807, 2.05) is 25.1 Å². The molecule has 1 rings (SSSR count). The zero-order chi connectivity index (χ0) is 13.5. The highest BCUT2D eigenvalue weighted by atomic mass is 16.5. The topological polar surface area (TPSA) is 62.3 Å². The smallest absolute Gasteiger partial charge is 0.123 e. The first-order chi connectivity index (χ1) is 8.60. The average Bonchev–Trinajstić information content (AvgIpc) is 2.38. The van der Waals surface area contributed by atoms with Gasteiger partial charge in [-0.25, -0.2) is 0 Å². The van der Waals surface area contributed by atoms with Crippen LogP contribution in [0.15, 0.2) is 18.2 Å². The number of anilines is 1. The summed E-state index contributed by atoms with van der Waals surface area (Å²) >= 11 is 0. The minimum absolute atomic E-state index is 0.0250. The third-order valence-corrected chi connectivity index (χ3v) is 2.90. The van der Waals surface area contributed by atoms with Gasteiger partial charge in [0.1, 0.15) is 5.75 Å². The fourth-order valence-electron chi connectivity index (χ4n) is 1.90. The molecule has 2 N–H and O–H groups in total. The fourth-order valence-corrected chi connectivity index (χ4v) is 1.90. The van der Waals surface area contributed by atoms with Crippen molar-refractivity contribution in [2.45, 2.75) is 20.4 Å². The molecule has 0 aliphatic carbocycles. The molecule has 0 aliphatic rings. The first-order valence-electron chi connectivity index (χ1n) is 6.15. The van der Waals surface area contributed by atoms with E-state index in [-0.39, 0.29) is 5.92 Å². The van der Waals surface area contributed by atoms with E-state index in [4.69, 9.17) is 15.7 Å². The van der Waals surface area contributed by atoms with Crippen LogP contribution in [0, 0.1) is 17.2 Å². The number of ether oxygens (including phenoxy) is 1. The van der Waals surface area contributed by atoms with Gasteiger partial charge in [-0.2, -0.15) is 5.26 Å². The van der Waals surface area contributed by atoms with Crippen molar-refractivity contribution in [3.8, 4) is 11.8 Å². The molecule has 1 atom stereocenters. The molecule has 0 fully saturated rings. The van der Waals surface area contributed by atoms with Crippen LogP contribution in [0.2, 0.25) is 0 Å². The minimum Gasteiger partial charge on any atom is -0.496 e. The average molecular weight is 247 g/mol. The maximum Gasteiger partial charge on any atom is 0.123 e. The summed E-state index contributed by atoms with van der Waals surface area (Å²) in [7, 11) is 1.66. The highest BCUT2D eigenvalue weighted by molar-refractivity contribution is 5.47. The van der Waals surface area contributed by atoms with E-state index in [0.29, 0.717) is 0 Å². The van der Waals surface area contributed by atoms with Crippen molar-refractivity contribution >= 4 is 5.69 Å². The molecule has 1 unspecified atom stereocenters. The van der Waals surface area contributed by atoms with Crippen molar-refractivity contribution < 1.29 is 4.74 Å². The maximum atomic E-state index is 8.87. The lowest BCUT2D eigenvalue weighted by molar-refractivity contribution is 0.256. The number of hydrogen-bond donors (Lipinski definition) is 1. The summed E-state index contributed by atoms with van der Waals surface area (Å²) in [6, 6.07) is 7.90. The first kappa shape index (κ1) is 14.3. The van der Waals surface area contributed by atoms with Crippen LogP contribution < -0.4 is 10.5 Å². The number of benzene rings is 1. The number of nitriles is 1. The predicted molar refractivity (Wildman–Crippen MR) is 73.1 cm³/mol. The molecule has 4 nitrogen and oxygen atoms in total. The van der Waals surface area contributed by atoms with Gasteiger partial charge in [-0.15, -0.1) is 0 Å². The molecule has 0 amide bonds. The SMILES string of the molecule is CCN(Cc1cc(N)ccc1OC)CC(C)C#N. The summed E-state index contributed by atoms with van der Waals surface area (Å²) in [5.41, 5.74) is 7.59. The maximum absolute atomic E-state index is 8.87. The lowest BCUT2D eigenvalue weighted by Crippen LogP contribution is -2.27. The van der Waals surface area contributed by atoms with Crippen LogP contribution in [0.1, 0.15) is 19.4 Å². The van der Waals surface area contributed by atoms with Crippen molar-refractivity contribution in [3.63, 3.8) is 0 Å². The van der Waals surface area contributed by atoms with Gasteiger partial charge >= 0.3 is 0 Å². The van der Waals surface area contributed by atoms with E-state index in [0.717, 1.165) is 36.6 Å². The zero-order valence-corrected chi connectivity index (χ0v) is 11.3. The molecule has 98 valence electrons. The van der Waals surface area contributed by atoms with Gasteiger partial charge in [0.05, 0.1) is 19.1 Å². The Labute approximate surface area is 109 Å². The molecular formula is C14H21N3O. The molecule has 0 bridgehead atoms. The Morgan fingerprint density at radius 2 is 2.22 bits per heavy atom. The van der Waals surface area contributed by atoms with Crippen LogP contribution in [-0.4, -0.2) is 25.1 Å². The lowest BCUT2D eigenvalue weighted by atomic mass is 10.1. The van der Waals surface area contributed by atoms with E-state index in [1.165, 1.54) is 0 Å². The van der Waals surface area contributed by atoms with Crippen LogP contribution in [0.3, 0.4) is 0 Å². The molecule has 0 aromatic heterocycles. The van der Waals surface area contributed by atoms with Gasteiger partial charge in [0.2, 0.25) is 0 Å². The highest BCUT2D eigenvalue weighted by Gasteiger charge is 2.11. The summed E-state index contributed by atoms with van der Waals surface area (Å²) in [6.07, 6.45) is 0. The quantitative estimate of drug-likeness (QED) is 0.783. The van der Waals surface area contributed by atoms with Crippen molar-refractivity contribution in [1.29, 1.82) is 5.26 Å². The second-order valence-electron chi connectivity index (χ2n) is 4.43. The van der Waals surface area contributed by atoms with Crippen molar-refractivity contribution in [1.82, 2.24) is 4.90 Å². The molecular weight excluding hydrogens is 226 g/mol. The highest BCUT2D eigenvalue weighted by Crippen LogP contribution is 2.22. The van der Waals surface area contributed by atoms with E-state index < -0.39 is 0 Å². The van der Waals surface area contributed by atoms with E-state index in [9.17, 15) is 0 Å². The summed E-state index contributed by atoms with van der Waals surface area (Å²) < 4.78 is 5.33. The number of methoxy groups -OCH3 is 1. The molecule has 0 radical (unpaired) electrons. The third-order valence-electron chi connectivity index (χ3n) is 2.90. The molecule has 0 aliphatic heterocycles. The van der Waals surface area contributed by atoms with Crippen LogP contribution in [0.4, 0.5) is 5.69 Å². The second-order valence-corrected chi connectivity index (χ2v) is 4.43. The predicted octanol–water partition coefficient (Wildman–Crippen LogP) is 2.26. The largest absolute Gasteiger partial charge is 0.496 e. The van der Waals surface area contributed by atoms with Gasteiger partial charge in [0, 0.05) is 24.3 Å². The van der Waals surface area contributed by atoms with Gasteiger partial charge in [0.15, 0.2) is 0 Å². The van der Waals surface area contributed by atoms with E-state index >= 15 is 0 Å². The molecule has 0 saturated carbocycles. The Morgan fingerprint density at radius 3 is 2.78 bits per heavy atom. The van der Waals surface area contributed by atoms with E-state index in [2.05, 4.69) is 17.9 Å². The van der Waals surface area contributed by atoms with Crippen LogP contribution >= 0.6 is 0 Å². The van der Waals surface area contributed by atoms with Crippen LogP contribution in [0.25, 0.3) is 0 Å². The summed E-state index contributed by atoms with van der Waals surface area (Å²) in [5.74, 6) is 0.865. The van der Waals surface area contributed by atoms with Gasteiger partial charge in [-0.1, -0.05) is 6.92 Å². The van der Waals surface area contributed by atoms with Crippen molar-refractivity contribution in [3.05, 3.63) is 23.8 Å². The summed E-state index contributed by atoms with van der Waals surface area (Å²) in [5, 5.41) is 8.87. The zero-order valence-electron chi connectivity index (χ0n) is 11.3. The Hall–Kier alpha value is -1.73. The number of rotatable bonds is 6. The van der Waals surface area contributed by atoms with Gasteiger partial charge in [-0.05, 0) is 31.7 Å². The standard InChI is InChI=1S/C14H21N3O/c1-4-17(9-11(2)8-15)10-12-7-13(16)5-6-14(12)18-3/h5-7,11H,4,9-10,16H2,1-3H3. The van der Waals surface area contributed by atoms with Gasteiger partial charge in [-0.3, -0.25) is 4.90 Å². The Bertz CT molecular complexity index is 426. The number of nitrogens with two attached hydrogens (primary N) is 1. The molecule has 0 spiro atoms.